The number of aromatic amines is 1. The van der Waals surface area contributed by atoms with E-state index in [9.17, 15) is 4.79 Å². The zero-order valence-electron chi connectivity index (χ0n) is 13.5. The first kappa shape index (κ1) is 15.7. The molecule has 0 bridgehead atoms. The minimum absolute atomic E-state index is 0.0863. The van der Waals surface area contributed by atoms with Crippen LogP contribution in [-0.2, 0) is 9.53 Å². The van der Waals surface area contributed by atoms with Crippen LogP contribution in [0.1, 0.15) is 19.8 Å². The van der Waals surface area contributed by atoms with Gasteiger partial charge in [-0.05, 0) is 19.8 Å². The Morgan fingerprint density at radius 3 is 3.17 bits per heavy atom. The predicted octanol–water partition coefficient (Wildman–Crippen LogP) is 0.817. The Morgan fingerprint density at radius 1 is 1.48 bits per heavy atom. The van der Waals surface area contributed by atoms with Crippen LogP contribution in [0.4, 0.5) is 5.82 Å². The normalized spacial score (nSPS) is 18.3. The van der Waals surface area contributed by atoms with Crippen molar-refractivity contribution in [2.75, 3.05) is 38.2 Å². The summed E-state index contributed by atoms with van der Waals surface area (Å²) in [4.78, 5) is 31.8. The van der Waals surface area contributed by atoms with Gasteiger partial charge in [-0.1, -0.05) is 0 Å². The smallest absolute Gasteiger partial charge is 0.242 e. The molecule has 8 heteroatoms. The van der Waals surface area contributed by atoms with Crippen LogP contribution in [0, 0.1) is 0 Å². The molecular weight excluding hydrogens is 296 g/mol. The lowest BCUT2D eigenvalue weighted by molar-refractivity contribution is -0.133. The number of hydrogen-bond donors (Lipinski definition) is 1. The van der Waals surface area contributed by atoms with Gasteiger partial charge in [0, 0.05) is 26.7 Å². The molecule has 0 aliphatic carbocycles. The molecule has 23 heavy (non-hydrogen) atoms. The second-order valence-electron chi connectivity index (χ2n) is 5.71. The molecule has 2 aromatic heterocycles. The molecule has 1 atom stereocenters. The van der Waals surface area contributed by atoms with E-state index in [0.29, 0.717) is 24.6 Å². The fourth-order valence-electron chi connectivity index (χ4n) is 2.96. The summed E-state index contributed by atoms with van der Waals surface area (Å²) in [6.45, 7) is 4.40. The van der Waals surface area contributed by atoms with E-state index in [4.69, 9.17) is 4.74 Å². The van der Waals surface area contributed by atoms with Crippen molar-refractivity contribution in [2.24, 2.45) is 0 Å². The van der Waals surface area contributed by atoms with Crippen molar-refractivity contribution in [3.63, 3.8) is 0 Å². The largest absolute Gasteiger partial charge is 0.377 e. The molecule has 1 N–H and O–H groups in total. The number of likely N-dealkylation sites (N-methyl/N-ethyl adjacent to an activating group) is 1. The molecule has 3 rings (SSSR count). The number of likely N-dealkylation sites (tertiary alicyclic amines) is 1. The molecular formula is C15H22N6O2. The third-order valence-electron chi connectivity index (χ3n) is 4.07. The van der Waals surface area contributed by atoms with Crippen LogP contribution in [0.5, 0.6) is 0 Å². The van der Waals surface area contributed by atoms with Gasteiger partial charge in [-0.3, -0.25) is 4.79 Å². The number of aromatic nitrogens is 4. The minimum atomic E-state index is 0.0863. The van der Waals surface area contributed by atoms with Crippen molar-refractivity contribution >= 4 is 22.9 Å². The number of piperidine rings is 1. The number of anilines is 1. The van der Waals surface area contributed by atoms with E-state index in [2.05, 4.69) is 19.9 Å². The second-order valence-corrected chi connectivity index (χ2v) is 5.71. The van der Waals surface area contributed by atoms with Gasteiger partial charge in [0.05, 0.1) is 19.0 Å². The minimum Gasteiger partial charge on any atom is -0.377 e. The molecule has 1 saturated heterocycles. The number of imidazole rings is 1. The molecule has 1 aliphatic heterocycles. The lowest BCUT2D eigenvalue weighted by Gasteiger charge is -2.33. The van der Waals surface area contributed by atoms with Gasteiger partial charge in [0.2, 0.25) is 5.91 Å². The molecule has 0 spiro atoms. The third kappa shape index (κ3) is 3.42. The lowest BCUT2D eigenvalue weighted by Crippen LogP contribution is -2.46. The van der Waals surface area contributed by atoms with Gasteiger partial charge < -0.3 is 19.5 Å². The number of H-pyrrole nitrogens is 1. The number of carbonyl (C=O) groups is 1. The van der Waals surface area contributed by atoms with Crippen LogP contribution in [0.3, 0.4) is 0 Å². The van der Waals surface area contributed by atoms with Crippen LogP contribution in [0.2, 0.25) is 0 Å². The van der Waals surface area contributed by atoms with E-state index in [1.807, 2.05) is 23.8 Å². The fourth-order valence-corrected chi connectivity index (χ4v) is 2.96. The molecule has 0 unspecified atom stereocenters. The average Bonchev–Trinajstić information content (AvgIpc) is 3.03. The topological polar surface area (TPSA) is 87.2 Å². The quantitative estimate of drug-likeness (QED) is 0.878. The summed E-state index contributed by atoms with van der Waals surface area (Å²) < 4.78 is 5.66. The number of nitrogens with one attached hydrogen (secondary N) is 1. The van der Waals surface area contributed by atoms with Gasteiger partial charge in [0.1, 0.15) is 11.8 Å². The van der Waals surface area contributed by atoms with E-state index in [1.54, 1.807) is 6.33 Å². The Labute approximate surface area is 134 Å². The summed E-state index contributed by atoms with van der Waals surface area (Å²) in [5.74, 6) is 0.766. The molecule has 1 amide bonds. The van der Waals surface area contributed by atoms with E-state index >= 15 is 0 Å². The van der Waals surface area contributed by atoms with Crippen molar-refractivity contribution in [2.45, 2.75) is 25.9 Å². The SMILES string of the molecule is CCO[C@@H]1CCCN(C(=O)CN(C)c2ncnc3nc[nH]c23)C1. The highest BCUT2D eigenvalue weighted by atomic mass is 16.5. The van der Waals surface area contributed by atoms with Gasteiger partial charge in [-0.25, -0.2) is 15.0 Å². The Kier molecular flexibility index (Phi) is 4.71. The summed E-state index contributed by atoms with van der Waals surface area (Å²) in [5, 5.41) is 0. The molecule has 1 aliphatic rings. The maximum Gasteiger partial charge on any atom is 0.242 e. The van der Waals surface area contributed by atoms with Crippen molar-refractivity contribution in [1.82, 2.24) is 24.8 Å². The second kappa shape index (κ2) is 6.91. The number of rotatable bonds is 5. The van der Waals surface area contributed by atoms with E-state index in [0.717, 1.165) is 24.9 Å². The standard InChI is InChI=1S/C15H22N6O2/c1-3-23-11-5-4-6-21(7-11)12(22)8-20(2)15-13-14(17-9-16-13)18-10-19-15/h9-11H,3-8H2,1-2H3,(H,16,17,18,19)/t11-/m1/s1. The molecule has 2 aromatic rings. The molecule has 0 saturated carbocycles. The Bertz CT molecular complexity index is 671. The van der Waals surface area contributed by atoms with Gasteiger partial charge >= 0.3 is 0 Å². The maximum atomic E-state index is 12.6. The first-order chi connectivity index (χ1) is 11.2. The average molecular weight is 318 g/mol. The Balaban J connectivity index is 1.66. The van der Waals surface area contributed by atoms with Crippen LogP contribution in [0.15, 0.2) is 12.7 Å². The highest BCUT2D eigenvalue weighted by molar-refractivity contribution is 5.87. The molecule has 0 aromatic carbocycles. The summed E-state index contributed by atoms with van der Waals surface area (Å²) in [6.07, 6.45) is 5.20. The monoisotopic (exact) mass is 318 g/mol. The van der Waals surface area contributed by atoms with Crippen molar-refractivity contribution < 1.29 is 9.53 Å². The highest BCUT2D eigenvalue weighted by Crippen LogP contribution is 2.19. The lowest BCUT2D eigenvalue weighted by atomic mass is 10.1. The van der Waals surface area contributed by atoms with Crippen molar-refractivity contribution in [3.05, 3.63) is 12.7 Å². The van der Waals surface area contributed by atoms with Gasteiger partial charge in [-0.2, -0.15) is 0 Å². The maximum absolute atomic E-state index is 12.6. The van der Waals surface area contributed by atoms with Gasteiger partial charge in [0.15, 0.2) is 11.5 Å². The first-order valence-corrected chi connectivity index (χ1v) is 7.93. The third-order valence-corrected chi connectivity index (χ3v) is 4.07. The fraction of sp³-hybridized carbons (Fsp3) is 0.600. The van der Waals surface area contributed by atoms with Crippen LogP contribution in [-0.4, -0.2) is 70.1 Å². The number of hydrogen-bond acceptors (Lipinski definition) is 6. The highest BCUT2D eigenvalue weighted by Gasteiger charge is 2.25. The summed E-state index contributed by atoms with van der Waals surface area (Å²) >= 11 is 0. The van der Waals surface area contributed by atoms with E-state index in [1.165, 1.54) is 6.33 Å². The van der Waals surface area contributed by atoms with Crippen molar-refractivity contribution in [3.8, 4) is 0 Å². The molecule has 0 radical (unpaired) electrons. The van der Waals surface area contributed by atoms with E-state index in [-0.39, 0.29) is 18.6 Å². The number of amides is 1. The van der Waals surface area contributed by atoms with Crippen LogP contribution < -0.4 is 4.90 Å². The number of fused-ring (bicyclic) bond motifs is 1. The summed E-state index contributed by atoms with van der Waals surface area (Å²) in [6, 6.07) is 0. The van der Waals surface area contributed by atoms with Gasteiger partial charge in [-0.15, -0.1) is 0 Å². The number of ether oxygens (including phenoxy) is 1. The summed E-state index contributed by atoms with van der Waals surface area (Å²) in [5.41, 5.74) is 1.34. The molecule has 124 valence electrons. The number of carbonyl (C=O) groups excluding carboxylic acids is 1. The first-order valence-electron chi connectivity index (χ1n) is 7.93. The Morgan fingerprint density at radius 2 is 2.35 bits per heavy atom. The predicted molar refractivity (Wildman–Crippen MR) is 86.2 cm³/mol. The zero-order valence-corrected chi connectivity index (χ0v) is 13.5. The molecule has 8 nitrogen and oxygen atoms in total. The van der Waals surface area contributed by atoms with Crippen LogP contribution in [0.25, 0.3) is 11.2 Å². The van der Waals surface area contributed by atoms with E-state index < -0.39 is 0 Å². The number of nitrogens with zero attached hydrogens (tertiary/aromatic N) is 5. The van der Waals surface area contributed by atoms with Crippen LogP contribution >= 0.6 is 0 Å². The van der Waals surface area contributed by atoms with Crippen molar-refractivity contribution in [1.29, 1.82) is 0 Å². The zero-order chi connectivity index (χ0) is 16.2. The molecule has 3 heterocycles. The summed E-state index contributed by atoms with van der Waals surface area (Å²) in [7, 11) is 1.85. The molecule has 1 fully saturated rings. The Hall–Kier alpha value is -2.22. The van der Waals surface area contributed by atoms with Gasteiger partial charge in [0.25, 0.3) is 0 Å².